The zero-order valence-electron chi connectivity index (χ0n) is 9.52. The molecule has 2 aromatic carbocycles. The minimum Gasteiger partial charge on any atom is -0.385 e. The summed E-state index contributed by atoms with van der Waals surface area (Å²) in [7, 11) is 1.70. The molecule has 2 nitrogen and oxygen atoms in total. The van der Waals surface area contributed by atoms with E-state index in [4.69, 9.17) is 10.5 Å². The Hall–Kier alpha value is -1.38. The molecule has 0 saturated carbocycles. The van der Waals surface area contributed by atoms with Gasteiger partial charge in [0.05, 0.1) is 0 Å². The van der Waals surface area contributed by atoms with Gasteiger partial charge in [-0.15, -0.1) is 0 Å². The molecule has 2 heteroatoms. The van der Waals surface area contributed by atoms with Crippen LogP contribution in [0.4, 0.5) is 0 Å². The van der Waals surface area contributed by atoms with E-state index in [1.807, 2.05) is 6.07 Å². The van der Waals surface area contributed by atoms with Crippen molar-refractivity contribution in [3.8, 4) is 0 Å². The first-order valence-corrected chi connectivity index (χ1v) is 5.55. The van der Waals surface area contributed by atoms with E-state index in [1.165, 1.54) is 16.3 Å². The van der Waals surface area contributed by atoms with E-state index in [2.05, 4.69) is 36.4 Å². The maximum Gasteiger partial charge on any atom is 0.0480 e. The molecule has 0 aliphatic rings. The normalized spacial score (nSPS) is 12.9. The number of methoxy groups -OCH3 is 1. The Morgan fingerprint density at radius 1 is 1.12 bits per heavy atom. The summed E-state index contributed by atoms with van der Waals surface area (Å²) in [4.78, 5) is 0. The van der Waals surface area contributed by atoms with E-state index in [0.29, 0.717) is 6.61 Å². The van der Waals surface area contributed by atoms with Gasteiger partial charge in [-0.1, -0.05) is 42.5 Å². The van der Waals surface area contributed by atoms with E-state index in [1.54, 1.807) is 7.11 Å². The van der Waals surface area contributed by atoms with Crippen molar-refractivity contribution in [2.75, 3.05) is 13.7 Å². The molecule has 16 heavy (non-hydrogen) atoms. The number of nitrogens with two attached hydrogens (primary N) is 1. The quantitative estimate of drug-likeness (QED) is 0.851. The largest absolute Gasteiger partial charge is 0.385 e. The predicted molar refractivity (Wildman–Crippen MR) is 67.4 cm³/mol. The molecule has 2 N–H and O–H groups in total. The lowest BCUT2D eigenvalue weighted by Gasteiger charge is -2.14. The van der Waals surface area contributed by atoms with Gasteiger partial charge in [-0.05, 0) is 22.8 Å². The molecule has 0 bridgehead atoms. The molecule has 2 aromatic rings. The first kappa shape index (κ1) is 11.1. The molecule has 0 radical (unpaired) electrons. The van der Waals surface area contributed by atoms with Gasteiger partial charge < -0.3 is 10.5 Å². The molecule has 0 aromatic heterocycles. The molecule has 0 aliphatic heterocycles. The van der Waals surface area contributed by atoms with Crippen LogP contribution in [0.2, 0.25) is 0 Å². The lowest BCUT2D eigenvalue weighted by Crippen LogP contribution is -2.12. The van der Waals surface area contributed by atoms with Crippen LogP contribution in [0.3, 0.4) is 0 Å². The van der Waals surface area contributed by atoms with Crippen LogP contribution in [0.1, 0.15) is 18.0 Å². The van der Waals surface area contributed by atoms with Crippen LogP contribution in [0.15, 0.2) is 42.5 Å². The van der Waals surface area contributed by atoms with Crippen LogP contribution in [-0.2, 0) is 4.74 Å². The SMILES string of the molecule is COCCC(N)c1cccc2ccccc12. The van der Waals surface area contributed by atoms with Gasteiger partial charge in [0, 0.05) is 19.8 Å². The molecule has 0 fully saturated rings. The molecule has 2 rings (SSSR count). The maximum atomic E-state index is 6.17. The van der Waals surface area contributed by atoms with Gasteiger partial charge in [-0.25, -0.2) is 0 Å². The lowest BCUT2D eigenvalue weighted by molar-refractivity contribution is 0.188. The van der Waals surface area contributed by atoms with Gasteiger partial charge in [-0.2, -0.15) is 0 Å². The van der Waals surface area contributed by atoms with Gasteiger partial charge >= 0.3 is 0 Å². The Morgan fingerprint density at radius 3 is 2.69 bits per heavy atom. The summed E-state index contributed by atoms with van der Waals surface area (Å²) in [6, 6.07) is 14.7. The van der Waals surface area contributed by atoms with Gasteiger partial charge in [-0.3, -0.25) is 0 Å². The standard InChI is InChI=1S/C14H17NO/c1-16-10-9-14(15)13-8-4-6-11-5-2-3-7-12(11)13/h2-8,14H,9-10,15H2,1H3. The molecule has 84 valence electrons. The van der Waals surface area contributed by atoms with Gasteiger partial charge in [0.15, 0.2) is 0 Å². The molecule has 0 heterocycles. The first-order valence-electron chi connectivity index (χ1n) is 5.55. The summed E-state index contributed by atoms with van der Waals surface area (Å²) in [5, 5.41) is 2.49. The zero-order valence-corrected chi connectivity index (χ0v) is 9.52. The van der Waals surface area contributed by atoms with E-state index < -0.39 is 0 Å². The van der Waals surface area contributed by atoms with Crippen molar-refractivity contribution >= 4 is 10.8 Å². The number of benzene rings is 2. The molecular formula is C14H17NO. The molecule has 1 unspecified atom stereocenters. The van der Waals surface area contributed by atoms with Gasteiger partial charge in [0.25, 0.3) is 0 Å². The third kappa shape index (κ3) is 2.23. The Morgan fingerprint density at radius 2 is 1.88 bits per heavy atom. The van der Waals surface area contributed by atoms with Crippen LogP contribution < -0.4 is 5.73 Å². The number of fused-ring (bicyclic) bond motifs is 1. The summed E-state index contributed by atoms with van der Waals surface area (Å²) >= 11 is 0. The highest BCUT2D eigenvalue weighted by atomic mass is 16.5. The summed E-state index contributed by atoms with van der Waals surface area (Å²) in [6.07, 6.45) is 0.852. The minimum absolute atomic E-state index is 0.0473. The summed E-state index contributed by atoms with van der Waals surface area (Å²) in [6.45, 7) is 0.699. The second kappa shape index (κ2) is 5.10. The van der Waals surface area contributed by atoms with Crippen molar-refractivity contribution in [2.24, 2.45) is 5.73 Å². The number of ether oxygens (including phenoxy) is 1. The third-order valence-electron chi connectivity index (χ3n) is 2.86. The Kier molecular flexibility index (Phi) is 3.54. The van der Waals surface area contributed by atoms with Crippen molar-refractivity contribution in [3.63, 3.8) is 0 Å². The van der Waals surface area contributed by atoms with E-state index in [9.17, 15) is 0 Å². The van der Waals surface area contributed by atoms with E-state index >= 15 is 0 Å². The molecule has 0 spiro atoms. The number of hydrogen-bond donors (Lipinski definition) is 1. The monoisotopic (exact) mass is 215 g/mol. The molecule has 0 aliphatic carbocycles. The molecule has 1 atom stereocenters. The lowest BCUT2D eigenvalue weighted by atomic mass is 9.98. The predicted octanol–water partition coefficient (Wildman–Crippen LogP) is 2.88. The van der Waals surface area contributed by atoms with E-state index in [0.717, 1.165) is 6.42 Å². The average molecular weight is 215 g/mol. The Labute approximate surface area is 96.0 Å². The topological polar surface area (TPSA) is 35.2 Å². The van der Waals surface area contributed by atoms with Crippen LogP contribution in [0.25, 0.3) is 10.8 Å². The number of hydrogen-bond acceptors (Lipinski definition) is 2. The Balaban J connectivity index is 2.36. The van der Waals surface area contributed by atoms with Crippen molar-refractivity contribution in [1.29, 1.82) is 0 Å². The highest BCUT2D eigenvalue weighted by molar-refractivity contribution is 5.86. The van der Waals surface area contributed by atoms with Crippen molar-refractivity contribution in [1.82, 2.24) is 0 Å². The van der Waals surface area contributed by atoms with Gasteiger partial charge in [0.1, 0.15) is 0 Å². The fourth-order valence-corrected chi connectivity index (χ4v) is 1.97. The average Bonchev–Trinajstić information content (AvgIpc) is 2.35. The fraction of sp³-hybridized carbons (Fsp3) is 0.286. The van der Waals surface area contributed by atoms with Gasteiger partial charge in [0.2, 0.25) is 0 Å². The van der Waals surface area contributed by atoms with Crippen LogP contribution in [0.5, 0.6) is 0 Å². The smallest absolute Gasteiger partial charge is 0.0480 e. The van der Waals surface area contributed by atoms with Crippen LogP contribution in [0, 0.1) is 0 Å². The third-order valence-corrected chi connectivity index (χ3v) is 2.86. The minimum atomic E-state index is 0.0473. The summed E-state index contributed by atoms with van der Waals surface area (Å²) in [5.74, 6) is 0. The van der Waals surface area contributed by atoms with E-state index in [-0.39, 0.29) is 6.04 Å². The summed E-state index contributed by atoms with van der Waals surface area (Å²) in [5.41, 5.74) is 7.37. The molecule has 0 amide bonds. The summed E-state index contributed by atoms with van der Waals surface area (Å²) < 4.78 is 5.07. The molecular weight excluding hydrogens is 198 g/mol. The highest BCUT2D eigenvalue weighted by Crippen LogP contribution is 2.24. The number of rotatable bonds is 4. The van der Waals surface area contributed by atoms with Crippen molar-refractivity contribution in [2.45, 2.75) is 12.5 Å². The maximum absolute atomic E-state index is 6.17. The second-order valence-electron chi connectivity index (χ2n) is 3.96. The fourth-order valence-electron chi connectivity index (χ4n) is 1.97. The van der Waals surface area contributed by atoms with Crippen molar-refractivity contribution in [3.05, 3.63) is 48.0 Å². The Bertz CT molecular complexity index is 462. The van der Waals surface area contributed by atoms with Crippen molar-refractivity contribution < 1.29 is 4.74 Å². The zero-order chi connectivity index (χ0) is 11.4. The second-order valence-corrected chi connectivity index (χ2v) is 3.96. The molecule has 0 saturated heterocycles. The first-order chi connectivity index (χ1) is 7.83. The van der Waals surface area contributed by atoms with Crippen LogP contribution >= 0.6 is 0 Å². The highest BCUT2D eigenvalue weighted by Gasteiger charge is 2.08. The van der Waals surface area contributed by atoms with Crippen LogP contribution in [-0.4, -0.2) is 13.7 Å².